The smallest absolute Gasteiger partial charge is 0.229 e. The monoisotopic (exact) mass is 350 g/mol. The fourth-order valence-corrected chi connectivity index (χ4v) is 2.76. The molecule has 0 unspecified atom stereocenters. The Kier molecular flexibility index (Phi) is 4.89. The van der Waals surface area contributed by atoms with Crippen molar-refractivity contribution in [1.82, 2.24) is 9.97 Å². The highest BCUT2D eigenvalue weighted by Crippen LogP contribution is 2.31. The molecule has 0 aliphatic rings. The van der Waals surface area contributed by atoms with Gasteiger partial charge in [0, 0.05) is 17.4 Å². The van der Waals surface area contributed by atoms with Gasteiger partial charge in [0.2, 0.25) is 5.95 Å². The average molecular weight is 350 g/mol. The maximum absolute atomic E-state index is 13.9. The highest BCUT2D eigenvalue weighted by molar-refractivity contribution is 5.63. The SMILES string of the molecule is Cc1cc(Nc2ccccc2F)nc(Nc2ccccc2C(C)(C)C)n1. The van der Waals surface area contributed by atoms with Gasteiger partial charge in [0.1, 0.15) is 11.6 Å². The average Bonchev–Trinajstić information content (AvgIpc) is 2.56. The Balaban J connectivity index is 1.91. The van der Waals surface area contributed by atoms with Gasteiger partial charge in [-0.15, -0.1) is 0 Å². The first-order chi connectivity index (χ1) is 12.3. The molecule has 0 saturated carbocycles. The molecule has 5 heteroatoms. The van der Waals surface area contributed by atoms with Crippen LogP contribution in [0.1, 0.15) is 32.0 Å². The lowest BCUT2D eigenvalue weighted by Crippen LogP contribution is -2.14. The molecule has 0 spiro atoms. The summed E-state index contributed by atoms with van der Waals surface area (Å²) < 4.78 is 13.9. The number of halogens is 1. The van der Waals surface area contributed by atoms with Gasteiger partial charge >= 0.3 is 0 Å². The predicted octanol–water partition coefficient (Wildman–Crippen LogP) is 5.71. The highest BCUT2D eigenvalue weighted by atomic mass is 19.1. The van der Waals surface area contributed by atoms with Gasteiger partial charge in [0.05, 0.1) is 5.69 Å². The fraction of sp³-hybridized carbons (Fsp3) is 0.238. The van der Waals surface area contributed by atoms with Crippen molar-refractivity contribution >= 4 is 23.1 Å². The molecule has 3 aromatic rings. The van der Waals surface area contributed by atoms with Crippen molar-refractivity contribution in [3.05, 3.63) is 71.7 Å². The van der Waals surface area contributed by atoms with Gasteiger partial charge in [-0.05, 0) is 36.1 Å². The number of rotatable bonds is 4. The Morgan fingerprint density at radius 1 is 0.846 bits per heavy atom. The number of aryl methyl sites for hydroxylation is 1. The molecule has 0 radical (unpaired) electrons. The largest absolute Gasteiger partial charge is 0.338 e. The van der Waals surface area contributed by atoms with Crippen LogP contribution in [0, 0.1) is 12.7 Å². The normalized spacial score (nSPS) is 11.3. The van der Waals surface area contributed by atoms with Crippen molar-refractivity contribution in [2.75, 3.05) is 10.6 Å². The lowest BCUT2D eigenvalue weighted by atomic mass is 9.86. The Labute approximate surface area is 153 Å². The van der Waals surface area contributed by atoms with Crippen molar-refractivity contribution in [3.63, 3.8) is 0 Å². The van der Waals surface area contributed by atoms with Gasteiger partial charge in [-0.2, -0.15) is 4.98 Å². The Bertz CT molecular complexity index is 916. The highest BCUT2D eigenvalue weighted by Gasteiger charge is 2.18. The van der Waals surface area contributed by atoms with Gasteiger partial charge in [-0.1, -0.05) is 51.1 Å². The van der Waals surface area contributed by atoms with E-state index < -0.39 is 0 Å². The molecular formula is C21H23FN4. The van der Waals surface area contributed by atoms with Crippen molar-refractivity contribution in [2.45, 2.75) is 33.1 Å². The Morgan fingerprint density at radius 2 is 1.50 bits per heavy atom. The van der Waals surface area contributed by atoms with Gasteiger partial charge in [-0.25, -0.2) is 9.37 Å². The van der Waals surface area contributed by atoms with Crippen molar-refractivity contribution < 1.29 is 4.39 Å². The summed E-state index contributed by atoms with van der Waals surface area (Å²) in [5.74, 6) is 0.690. The minimum atomic E-state index is -0.323. The molecule has 2 N–H and O–H groups in total. The minimum Gasteiger partial charge on any atom is -0.338 e. The lowest BCUT2D eigenvalue weighted by Gasteiger charge is -2.23. The topological polar surface area (TPSA) is 49.8 Å². The van der Waals surface area contributed by atoms with E-state index >= 15 is 0 Å². The second-order valence-electron chi connectivity index (χ2n) is 7.24. The predicted molar refractivity (Wildman–Crippen MR) is 105 cm³/mol. The third-order valence-electron chi connectivity index (χ3n) is 3.97. The number of anilines is 4. The van der Waals surface area contributed by atoms with E-state index in [4.69, 9.17) is 0 Å². The molecular weight excluding hydrogens is 327 g/mol. The van der Waals surface area contributed by atoms with Crippen LogP contribution < -0.4 is 10.6 Å². The molecule has 134 valence electrons. The van der Waals surface area contributed by atoms with E-state index in [1.165, 1.54) is 11.6 Å². The molecule has 2 aromatic carbocycles. The van der Waals surface area contributed by atoms with Crippen LogP contribution in [-0.2, 0) is 5.41 Å². The molecule has 0 bridgehead atoms. The van der Waals surface area contributed by atoms with E-state index in [9.17, 15) is 4.39 Å². The Hall–Kier alpha value is -2.95. The summed E-state index contributed by atoms with van der Waals surface area (Å²) in [5.41, 5.74) is 3.29. The van der Waals surface area contributed by atoms with E-state index in [0.717, 1.165) is 11.4 Å². The fourth-order valence-electron chi connectivity index (χ4n) is 2.76. The van der Waals surface area contributed by atoms with E-state index in [2.05, 4.69) is 47.4 Å². The molecule has 3 rings (SSSR count). The van der Waals surface area contributed by atoms with Gasteiger partial charge in [0.15, 0.2) is 0 Å². The van der Waals surface area contributed by atoms with Crippen LogP contribution in [0.4, 0.5) is 27.5 Å². The summed E-state index contributed by atoms with van der Waals surface area (Å²) in [4.78, 5) is 8.95. The summed E-state index contributed by atoms with van der Waals surface area (Å²) in [6.07, 6.45) is 0. The zero-order valence-electron chi connectivity index (χ0n) is 15.5. The Morgan fingerprint density at radius 3 is 2.19 bits per heavy atom. The van der Waals surface area contributed by atoms with Gasteiger partial charge in [0.25, 0.3) is 0 Å². The van der Waals surface area contributed by atoms with Crippen LogP contribution in [0.15, 0.2) is 54.6 Å². The molecule has 1 heterocycles. The number of benzene rings is 2. The summed E-state index contributed by atoms with van der Waals surface area (Å²) in [6.45, 7) is 8.37. The molecule has 4 nitrogen and oxygen atoms in total. The summed E-state index contributed by atoms with van der Waals surface area (Å²) in [6, 6.07) is 16.4. The minimum absolute atomic E-state index is 0.0122. The van der Waals surface area contributed by atoms with Crippen LogP contribution in [-0.4, -0.2) is 9.97 Å². The van der Waals surface area contributed by atoms with Gasteiger partial charge in [-0.3, -0.25) is 0 Å². The number of aromatic nitrogens is 2. The summed E-state index contributed by atoms with van der Waals surface area (Å²) >= 11 is 0. The van der Waals surface area contributed by atoms with Crippen molar-refractivity contribution in [2.24, 2.45) is 0 Å². The molecule has 1 aromatic heterocycles. The molecule has 0 aliphatic heterocycles. The van der Waals surface area contributed by atoms with Crippen LogP contribution in [0.5, 0.6) is 0 Å². The van der Waals surface area contributed by atoms with E-state index in [1.54, 1.807) is 24.3 Å². The van der Waals surface area contributed by atoms with E-state index in [1.807, 2.05) is 25.1 Å². The molecule has 0 saturated heterocycles. The standard InChI is InChI=1S/C21H23FN4/c1-14-13-19(24-18-12-8-6-10-16(18)22)26-20(23-14)25-17-11-7-5-9-15(17)21(2,3)4/h5-13H,1-4H3,(H2,23,24,25,26). The maximum Gasteiger partial charge on any atom is 0.229 e. The van der Waals surface area contributed by atoms with Crippen molar-refractivity contribution in [1.29, 1.82) is 0 Å². The van der Waals surface area contributed by atoms with Crippen LogP contribution >= 0.6 is 0 Å². The third kappa shape index (κ3) is 4.17. The molecule has 0 fully saturated rings. The molecule has 0 amide bonds. The van der Waals surface area contributed by atoms with Crippen LogP contribution in [0.25, 0.3) is 0 Å². The van der Waals surface area contributed by atoms with Crippen LogP contribution in [0.2, 0.25) is 0 Å². The maximum atomic E-state index is 13.9. The summed E-state index contributed by atoms with van der Waals surface area (Å²) in [5, 5.41) is 6.32. The number of nitrogens with one attached hydrogen (secondary N) is 2. The third-order valence-corrected chi connectivity index (χ3v) is 3.97. The molecule has 26 heavy (non-hydrogen) atoms. The molecule has 0 atom stereocenters. The first kappa shape index (κ1) is 17.9. The second kappa shape index (κ2) is 7.12. The summed E-state index contributed by atoms with van der Waals surface area (Å²) in [7, 11) is 0. The number of hydrogen-bond acceptors (Lipinski definition) is 4. The first-order valence-electron chi connectivity index (χ1n) is 8.57. The lowest BCUT2D eigenvalue weighted by molar-refractivity contribution is 0.592. The number of nitrogens with zero attached hydrogens (tertiary/aromatic N) is 2. The zero-order valence-corrected chi connectivity index (χ0v) is 15.5. The number of hydrogen-bond donors (Lipinski definition) is 2. The first-order valence-corrected chi connectivity index (χ1v) is 8.57. The van der Waals surface area contributed by atoms with Crippen LogP contribution in [0.3, 0.4) is 0 Å². The number of para-hydroxylation sites is 2. The van der Waals surface area contributed by atoms with Gasteiger partial charge < -0.3 is 10.6 Å². The quantitative estimate of drug-likeness (QED) is 0.633. The molecule has 0 aliphatic carbocycles. The van der Waals surface area contributed by atoms with Crippen molar-refractivity contribution in [3.8, 4) is 0 Å². The van der Waals surface area contributed by atoms with E-state index in [0.29, 0.717) is 17.5 Å². The van der Waals surface area contributed by atoms with E-state index in [-0.39, 0.29) is 11.2 Å². The zero-order chi connectivity index (χ0) is 18.7. The second-order valence-corrected chi connectivity index (χ2v) is 7.24.